The Morgan fingerprint density at radius 3 is 2.52 bits per heavy atom. The van der Waals surface area contributed by atoms with Gasteiger partial charge in [-0.05, 0) is 30.2 Å². The summed E-state index contributed by atoms with van der Waals surface area (Å²) in [6.45, 7) is 2.45. The lowest BCUT2D eigenvalue weighted by Crippen LogP contribution is -2.31. The van der Waals surface area contributed by atoms with E-state index in [1.165, 1.54) is 0 Å². The Labute approximate surface area is 130 Å². The van der Waals surface area contributed by atoms with Crippen molar-refractivity contribution in [2.75, 3.05) is 17.9 Å². The minimum Gasteiger partial charge on any atom is -0.495 e. The van der Waals surface area contributed by atoms with Gasteiger partial charge in [0, 0.05) is 0 Å². The van der Waals surface area contributed by atoms with Crippen LogP contribution in [0, 0.1) is 6.92 Å². The highest BCUT2D eigenvalue weighted by Crippen LogP contribution is 2.30. The molecule has 0 aromatic heterocycles. The minimum absolute atomic E-state index is 0.0655. The van der Waals surface area contributed by atoms with Crippen molar-refractivity contribution >= 4 is 23.2 Å². The second-order valence-corrected chi connectivity index (χ2v) is 5.04. The van der Waals surface area contributed by atoms with Gasteiger partial charge < -0.3 is 9.64 Å². The molecule has 0 heterocycles. The van der Waals surface area contributed by atoms with Crippen LogP contribution in [0.4, 0.5) is 5.69 Å². The lowest BCUT2D eigenvalue weighted by molar-refractivity contribution is -0.116. The molecule has 2 aromatic rings. The van der Waals surface area contributed by atoms with Crippen LogP contribution in [-0.4, -0.2) is 18.9 Å². The third-order valence-corrected chi connectivity index (χ3v) is 3.45. The van der Waals surface area contributed by atoms with Crippen molar-refractivity contribution in [3.63, 3.8) is 0 Å². The van der Waals surface area contributed by atoms with Gasteiger partial charge in [0.2, 0.25) is 5.91 Å². The van der Waals surface area contributed by atoms with Crippen molar-refractivity contribution in [3.05, 3.63) is 59.7 Å². The third-order valence-electron chi connectivity index (χ3n) is 3.22. The molecule has 4 heteroatoms. The van der Waals surface area contributed by atoms with Gasteiger partial charge in [0.05, 0.1) is 19.3 Å². The van der Waals surface area contributed by atoms with Crippen LogP contribution in [0.15, 0.2) is 48.5 Å². The number of anilines is 1. The minimum atomic E-state index is -0.149. The highest BCUT2D eigenvalue weighted by atomic mass is 35.5. The number of hydrogen-bond acceptors (Lipinski definition) is 2. The lowest BCUT2D eigenvalue weighted by Gasteiger charge is -2.24. The van der Waals surface area contributed by atoms with E-state index in [0.29, 0.717) is 12.3 Å². The van der Waals surface area contributed by atoms with Gasteiger partial charge >= 0.3 is 0 Å². The molecule has 0 N–H and O–H groups in total. The van der Waals surface area contributed by atoms with Crippen molar-refractivity contribution in [1.29, 1.82) is 0 Å². The van der Waals surface area contributed by atoms with Crippen molar-refractivity contribution < 1.29 is 9.53 Å². The van der Waals surface area contributed by atoms with Crippen LogP contribution in [0.1, 0.15) is 11.1 Å². The lowest BCUT2D eigenvalue weighted by atomic mass is 10.1. The Kier molecular flexibility index (Phi) is 5.23. The summed E-state index contributed by atoms with van der Waals surface area (Å²) in [6.07, 6.45) is 0. The second-order valence-electron chi connectivity index (χ2n) is 4.77. The van der Waals surface area contributed by atoms with Gasteiger partial charge in [0.15, 0.2) is 0 Å². The van der Waals surface area contributed by atoms with Crippen LogP contribution in [-0.2, 0) is 11.3 Å². The smallest absolute Gasteiger partial charge is 0.242 e. The average molecular weight is 304 g/mol. The summed E-state index contributed by atoms with van der Waals surface area (Å²) < 4.78 is 5.38. The van der Waals surface area contributed by atoms with E-state index in [1.54, 1.807) is 12.0 Å². The topological polar surface area (TPSA) is 29.5 Å². The highest BCUT2D eigenvalue weighted by molar-refractivity contribution is 6.29. The highest BCUT2D eigenvalue weighted by Gasteiger charge is 2.19. The molecule has 0 atom stereocenters. The van der Waals surface area contributed by atoms with Gasteiger partial charge in [0.1, 0.15) is 11.6 Å². The summed E-state index contributed by atoms with van der Waals surface area (Å²) in [5, 5.41) is 0. The molecule has 0 spiro atoms. The zero-order chi connectivity index (χ0) is 15.2. The fourth-order valence-corrected chi connectivity index (χ4v) is 2.30. The van der Waals surface area contributed by atoms with Crippen molar-refractivity contribution in [2.45, 2.75) is 13.5 Å². The molecule has 0 aliphatic rings. The Bertz CT molecular complexity index is 613. The monoisotopic (exact) mass is 303 g/mol. The van der Waals surface area contributed by atoms with Crippen LogP contribution < -0.4 is 9.64 Å². The first-order valence-corrected chi connectivity index (χ1v) is 7.24. The molecule has 0 unspecified atom stereocenters. The van der Waals surface area contributed by atoms with Gasteiger partial charge in [-0.2, -0.15) is 0 Å². The molecule has 0 saturated heterocycles. The Morgan fingerprint density at radius 1 is 1.19 bits per heavy atom. The molecule has 0 aliphatic carbocycles. The van der Waals surface area contributed by atoms with Crippen LogP contribution >= 0.6 is 11.6 Å². The molecule has 3 nitrogen and oxygen atoms in total. The summed E-state index contributed by atoms with van der Waals surface area (Å²) in [5.74, 6) is 0.448. The summed E-state index contributed by atoms with van der Waals surface area (Å²) in [7, 11) is 1.60. The van der Waals surface area contributed by atoms with E-state index < -0.39 is 0 Å². The Morgan fingerprint density at radius 2 is 1.90 bits per heavy atom. The zero-order valence-corrected chi connectivity index (χ0v) is 12.9. The molecule has 0 saturated carbocycles. The summed E-state index contributed by atoms with van der Waals surface area (Å²) in [5.41, 5.74) is 2.85. The number of hydrogen-bond donors (Lipinski definition) is 0. The third kappa shape index (κ3) is 3.76. The van der Waals surface area contributed by atoms with Crippen molar-refractivity contribution in [2.24, 2.45) is 0 Å². The number of benzene rings is 2. The molecule has 1 amide bonds. The van der Waals surface area contributed by atoms with E-state index in [2.05, 4.69) is 0 Å². The molecule has 2 aromatic carbocycles. The molecular formula is C17H18ClNO2. The van der Waals surface area contributed by atoms with Crippen LogP contribution in [0.3, 0.4) is 0 Å². The van der Waals surface area contributed by atoms with Crippen LogP contribution in [0.25, 0.3) is 0 Å². The zero-order valence-electron chi connectivity index (χ0n) is 12.2. The van der Waals surface area contributed by atoms with Gasteiger partial charge in [0.25, 0.3) is 0 Å². The largest absolute Gasteiger partial charge is 0.495 e. The summed E-state index contributed by atoms with van der Waals surface area (Å²) in [4.78, 5) is 13.9. The predicted molar refractivity (Wildman–Crippen MR) is 86.1 cm³/mol. The molecule has 2 rings (SSSR count). The Balaban J connectivity index is 2.41. The average Bonchev–Trinajstić information content (AvgIpc) is 2.53. The maximum atomic E-state index is 12.2. The summed E-state index contributed by atoms with van der Waals surface area (Å²) in [6, 6.07) is 15.6. The fourth-order valence-electron chi connectivity index (χ4n) is 2.16. The van der Waals surface area contributed by atoms with E-state index >= 15 is 0 Å². The number of nitrogens with zero attached hydrogens (tertiary/aromatic N) is 1. The van der Waals surface area contributed by atoms with Crippen LogP contribution in [0.5, 0.6) is 5.75 Å². The normalized spacial score (nSPS) is 10.2. The number of amides is 1. The molecule has 0 fully saturated rings. The second kappa shape index (κ2) is 7.14. The number of aryl methyl sites for hydroxylation is 1. The maximum absolute atomic E-state index is 12.2. The summed E-state index contributed by atoms with van der Waals surface area (Å²) >= 11 is 5.77. The quantitative estimate of drug-likeness (QED) is 0.787. The molecule has 0 bridgehead atoms. The van der Waals surface area contributed by atoms with Gasteiger partial charge in [-0.3, -0.25) is 4.79 Å². The number of methoxy groups -OCH3 is 1. The molecule has 21 heavy (non-hydrogen) atoms. The Hall–Kier alpha value is -2.00. The van der Waals surface area contributed by atoms with Crippen molar-refractivity contribution in [1.82, 2.24) is 0 Å². The molecule has 0 aliphatic heterocycles. The molecule has 110 valence electrons. The molecular weight excluding hydrogens is 286 g/mol. The van der Waals surface area contributed by atoms with Gasteiger partial charge in [-0.25, -0.2) is 0 Å². The van der Waals surface area contributed by atoms with Crippen LogP contribution in [0.2, 0.25) is 0 Å². The first-order valence-electron chi connectivity index (χ1n) is 6.70. The molecule has 0 radical (unpaired) electrons. The van der Waals surface area contributed by atoms with E-state index in [9.17, 15) is 4.79 Å². The fraction of sp³-hybridized carbons (Fsp3) is 0.235. The SMILES string of the molecule is COc1ccc(C)cc1N(Cc1ccccc1)C(=O)CCl. The number of carbonyl (C=O) groups is 1. The van der Waals surface area contributed by atoms with E-state index in [4.69, 9.17) is 16.3 Å². The first-order chi connectivity index (χ1) is 10.2. The van der Waals surface area contributed by atoms with Gasteiger partial charge in [-0.1, -0.05) is 36.4 Å². The first kappa shape index (κ1) is 15.4. The number of carbonyl (C=O) groups excluding carboxylic acids is 1. The number of halogens is 1. The predicted octanol–water partition coefficient (Wildman–Crippen LogP) is 3.78. The number of alkyl halides is 1. The van der Waals surface area contributed by atoms with E-state index in [-0.39, 0.29) is 11.8 Å². The number of ether oxygens (including phenoxy) is 1. The van der Waals surface area contributed by atoms with Gasteiger partial charge in [-0.15, -0.1) is 11.6 Å². The van der Waals surface area contributed by atoms with E-state index in [0.717, 1.165) is 16.8 Å². The maximum Gasteiger partial charge on any atom is 0.242 e. The standard InChI is InChI=1S/C17H18ClNO2/c1-13-8-9-16(21-2)15(10-13)19(17(20)11-18)12-14-6-4-3-5-7-14/h3-10H,11-12H2,1-2H3. The van der Waals surface area contributed by atoms with E-state index in [1.807, 2.05) is 55.5 Å². The van der Waals surface area contributed by atoms with Crippen molar-refractivity contribution in [3.8, 4) is 5.75 Å². The number of rotatable bonds is 5.